The van der Waals surface area contributed by atoms with Gasteiger partial charge in [-0.15, -0.1) is 0 Å². The Morgan fingerprint density at radius 3 is 1.83 bits per heavy atom. The number of carbonyl (C=O) groups excluding carboxylic acids is 4. The highest BCUT2D eigenvalue weighted by Crippen LogP contribution is 2.24. The molecule has 0 aromatic heterocycles. The molecule has 52 heavy (non-hydrogen) atoms. The van der Waals surface area contributed by atoms with Gasteiger partial charge in [-0.3, -0.25) is 19.2 Å². The molecule has 0 spiro atoms. The van der Waals surface area contributed by atoms with Crippen LogP contribution in [0.15, 0.2) is 48.1 Å². The molecule has 1 aromatic rings. The minimum absolute atomic E-state index is 0.0653. The molecule has 288 valence electrons. The van der Waals surface area contributed by atoms with Crippen LogP contribution in [0, 0.1) is 0 Å². The van der Waals surface area contributed by atoms with E-state index in [2.05, 4.69) is 0 Å². The maximum Gasteiger partial charge on any atom is 0.323 e. The van der Waals surface area contributed by atoms with Crippen LogP contribution in [-0.4, -0.2) is 106 Å². The van der Waals surface area contributed by atoms with Crippen LogP contribution in [0.25, 0.3) is 0 Å². The van der Waals surface area contributed by atoms with Gasteiger partial charge in [0, 0.05) is 24.5 Å². The summed E-state index contributed by atoms with van der Waals surface area (Å²) in [6.07, 6.45) is 12.1. The van der Waals surface area contributed by atoms with E-state index < -0.39 is 36.0 Å². The van der Waals surface area contributed by atoms with Gasteiger partial charge < -0.3 is 49.4 Å². The summed E-state index contributed by atoms with van der Waals surface area (Å²) in [6.45, 7) is 0.987. The molecule has 4 rings (SSSR count). The standard InChI is InChI=1S/C36H50N2O12S2/c37-29(35(41)47-19-17-43-31(39)21-25-7-11-27(12-8-25)49-33-5-1-3-15-45-33)23-51-52-24-30(38)36(42)48-20-18-44-32(40)22-26-9-13-28(14-10-26)50-34-6-2-4-16-46-34/h7-13,28-30,33-34H,1-6,14-24,37-38H2. The maximum absolute atomic E-state index is 12.2. The van der Waals surface area contributed by atoms with Gasteiger partial charge in [0.05, 0.1) is 25.6 Å². The van der Waals surface area contributed by atoms with Crippen LogP contribution in [0.5, 0.6) is 5.75 Å². The van der Waals surface area contributed by atoms with Gasteiger partial charge in [0.15, 0.2) is 12.6 Å². The van der Waals surface area contributed by atoms with Crippen molar-refractivity contribution in [3.05, 3.63) is 53.6 Å². The zero-order valence-corrected chi connectivity index (χ0v) is 31.0. The van der Waals surface area contributed by atoms with E-state index in [1.54, 1.807) is 24.3 Å². The van der Waals surface area contributed by atoms with E-state index in [0.717, 1.165) is 56.3 Å². The van der Waals surface area contributed by atoms with Crippen LogP contribution in [0.2, 0.25) is 0 Å². The van der Waals surface area contributed by atoms with Gasteiger partial charge in [0.2, 0.25) is 0 Å². The molecule has 2 fully saturated rings. The Morgan fingerprint density at radius 1 is 0.731 bits per heavy atom. The topological polar surface area (TPSA) is 194 Å². The monoisotopic (exact) mass is 766 g/mol. The van der Waals surface area contributed by atoms with Crippen molar-refractivity contribution in [3.8, 4) is 5.75 Å². The Balaban J connectivity index is 0.959. The molecule has 5 atom stereocenters. The zero-order valence-electron chi connectivity index (χ0n) is 29.3. The SMILES string of the molecule is NC(CSSCC(N)C(=O)OCCOC(=O)Cc1ccc(OC2CCCCO2)cc1)C(=O)OCCOC(=O)CC1=CCC(OC2CCCCO2)C=C1. The Kier molecular flexibility index (Phi) is 18.8. The lowest BCUT2D eigenvalue weighted by Crippen LogP contribution is -2.36. The van der Waals surface area contributed by atoms with E-state index in [1.807, 2.05) is 18.2 Å². The third-order valence-electron chi connectivity index (χ3n) is 7.99. The minimum atomic E-state index is -0.920. The van der Waals surface area contributed by atoms with Gasteiger partial charge in [0.1, 0.15) is 44.3 Å². The molecule has 2 heterocycles. The second-order valence-electron chi connectivity index (χ2n) is 12.3. The third kappa shape index (κ3) is 16.3. The van der Waals surface area contributed by atoms with E-state index in [1.165, 1.54) is 21.6 Å². The molecule has 3 aliphatic rings. The predicted octanol–water partition coefficient (Wildman–Crippen LogP) is 3.53. The lowest BCUT2D eigenvalue weighted by Gasteiger charge is -2.27. The molecule has 0 radical (unpaired) electrons. The average molecular weight is 767 g/mol. The third-order valence-corrected chi connectivity index (χ3v) is 10.5. The first-order valence-electron chi connectivity index (χ1n) is 17.7. The second kappa shape index (κ2) is 23.5. The van der Waals surface area contributed by atoms with Crippen molar-refractivity contribution < 1.29 is 57.1 Å². The first kappa shape index (κ1) is 41.6. The number of carbonyl (C=O) groups is 4. The van der Waals surface area contributed by atoms with E-state index in [4.69, 9.17) is 49.4 Å². The van der Waals surface area contributed by atoms with Gasteiger partial charge in [-0.25, -0.2) is 0 Å². The zero-order chi connectivity index (χ0) is 37.0. The molecule has 16 heteroatoms. The van der Waals surface area contributed by atoms with Crippen molar-refractivity contribution in [2.45, 2.75) is 88.6 Å². The average Bonchev–Trinajstić information content (AvgIpc) is 3.15. The summed E-state index contributed by atoms with van der Waals surface area (Å²) in [5, 5.41) is 0. The van der Waals surface area contributed by atoms with Gasteiger partial charge in [-0.2, -0.15) is 0 Å². The Bertz CT molecular complexity index is 1330. The van der Waals surface area contributed by atoms with Gasteiger partial charge in [-0.1, -0.05) is 51.9 Å². The van der Waals surface area contributed by atoms with Crippen molar-refractivity contribution in [2.24, 2.45) is 11.5 Å². The van der Waals surface area contributed by atoms with E-state index in [-0.39, 0.29) is 69.5 Å². The number of hydrogen-bond acceptors (Lipinski definition) is 16. The number of ether oxygens (including phenoxy) is 8. The molecule has 1 aromatic carbocycles. The lowest BCUT2D eigenvalue weighted by molar-refractivity contribution is -0.177. The van der Waals surface area contributed by atoms with Gasteiger partial charge in [0.25, 0.3) is 0 Å². The van der Waals surface area contributed by atoms with Crippen LogP contribution in [0.4, 0.5) is 0 Å². The normalized spacial score (nSPS) is 21.3. The van der Waals surface area contributed by atoms with Crippen molar-refractivity contribution >= 4 is 45.5 Å². The summed E-state index contributed by atoms with van der Waals surface area (Å²) in [7, 11) is 2.51. The Morgan fingerprint density at radius 2 is 1.29 bits per heavy atom. The molecule has 2 saturated heterocycles. The highest BCUT2D eigenvalue weighted by atomic mass is 33.1. The molecule has 2 aliphatic heterocycles. The molecule has 0 amide bonds. The van der Waals surface area contributed by atoms with Crippen molar-refractivity contribution in [3.63, 3.8) is 0 Å². The smallest absolute Gasteiger partial charge is 0.323 e. The maximum atomic E-state index is 12.2. The van der Waals surface area contributed by atoms with Gasteiger partial charge >= 0.3 is 23.9 Å². The summed E-state index contributed by atoms with van der Waals surface area (Å²) in [6, 6.07) is 5.32. The number of rotatable bonds is 21. The Labute approximate surface area is 312 Å². The first-order valence-corrected chi connectivity index (χ1v) is 20.2. The van der Waals surface area contributed by atoms with E-state index >= 15 is 0 Å². The summed E-state index contributed by atoms with van der Waals surface area (Å²) >= 11 is 0. The quantitative estimate of drug-likeness (QED) is 0.0798. The fraction of sp³-hybridized carbons (Fsp3) is 0.611. The van der Waals surface area contributed by atoms with Crippen molar-refractivity contribution in [1.29, 1.82) is 0 Å². The summed E-state index contributed by atoms with van der Waals surface area (Å²) in [5.41, 5.74) is 13.4. The number of nitrogens with two attached hydrogens (primary N) is 2. The highest BCUT2D eigenvalue weighted by Gasteiger charge is 2.21. The van der Waals surface area contributed by atoms with E-state index in [9.17, 15) is 19.2 Å². The summed E-state index contributed by atoms with van der Waals surface area (Å²) < 4.78 is 43.5. The number of hydrogen-bond donors (Lipinski definition) is 2. The predicted molar refractivity (Wildman–Crippen MR) is 194 cm³/mol. The number of benzene rings is 1. The molecule has 4 N–H and O–H groups in total. The second-order valence-corrected chi connectivity index (χ2v) is 14.9. The molecule has 14 nitrogen and oxygen atoms in total. The molecule has 1 aliphatic carbocycles. The largest absolute Gasteiger partial charge is 0.465 e. The fourth-order valence-electron chi connectivity index (χ4n) is 5.16. The van der Waals surface area contributed by atoms with E-state index in [0.29, 0.717) is 18.8 Å². The summed E-state index contributed by atoms with van der Waals surface area (Å²) in [4.78, 5) is 48.8. The molecule has 0 bridgehead atoms. The molecular formula is C36H50N2O12S2. The van der Waals surface area contributed by atoms with Crippen LogP contribution >= 0.6 is 21.6 Å². The number of esters is 4. The lowest BCUT2D eigenvalue weighted by atomic mass is 10.0. The van der Waals surface area contributed by atoms with Crippen LogP contribution in [-0.2, 0) is 58.8 Å². The van der Waals surface area contributed by atoms with Crippen molar-refractivity contribution in [2.75, 3.05) is 51.1 Å². The van der Waals surface area contributed by atoms with Gasteiger partial charge in [-0.05, 0) is 61.8 Å². The Hall–Kier alpha value is -3.12. The molecule has 5 unspecified atom stereocenters. The summed E-state index contributed by atoms with van der Waals surface area (Å²) in [5.74, 6) is -1.06. The molecular weight excluding hydrogens is 717 g/mol. The van der Waals surface area contributed by atoms with Crippen LogP contribution in [0.1, 0.15) is 56.9 Å². The highest BCUT2D eigenvalue weighted by molar-refractivity contribution is 8.76. The first-order chi connectivity index (χ1) is 25.2. The molecule has 0 saturated carbocycles. The van der Waals surface area contributed by atoms with Crippen LogP contribution in [0.3, 0.4) is 0 Å². The van der Waals surface area contributed by atoms with Crippen LogP contribution < -0.4 is 16.2 Å². The van der Waals surface area contributed by atoms with Crippen molar-refractivity contribution in [1.82, 2.24) is 0 Å². The fourth-order valence-corrected chi connectivity index (χ4v) is 7.37. The minimum Gasteiger partial charge on any atom is -0.465 e. The number of allylic oxidation sites excluding steroid dienone is 1.